The molecule has 0 fully saturated rings. The van der Waals surface area contributed by atoms with Gasteiger partial charge in [0.15, 0.2) is 0 Å². The second kappa shape index (κ2) is 8.77. The lowest BCUT2D eigenvalue weighted by Gasteiger charge is -2.07. The van der Waals surface area contributed by atoms with Gasteiger partial charge in [0.2, 0.25) is 0 Å². The standard InChI is InChI=1S/C17H15N3O6S/c1-2-25-17(22)15-12(11(8-18)16(19)27-15)9-26-14(21)7-10-5-3-4-6-13(10)20(23)24/h3-6H,2,7,9,19H2,1H3. The van der Waals surface area contributed by atoms with E-state index in [2.05, 4.69) is 0 Å². The smallest absolute Gasteiger partial charge is 0.348 e. The van der Waals surface area contributed by atoms with E-state index >= 15 is 0 Å². The number of nitrogens with two attached hydrogens (primary N) is 1. The molecule has 1 aromatic heterocycles. The fourth-order valence-electron chi connectivity index (χ4n) is 2.30. The van der Waals surface area contributed by atoms with Crippen LogP contribution in [0.1, 0.15) is 33.3 Å². The number of nitrogen functional groups attached to an aromatic ring is 1. The maximum Gasteiger partial charge on any atom is 0.348 e. The molecule has 0 aliphatic rings. The molecule has 1 heterocycles. The van der Waals surface area contributed by atoms with Crippen molar-refractivity contribution in [3.63, 3.8) is 0 Å². The highest BCUT2D eigenvalue weighted by atomic mass is 32.1. The topological polar surface area (TPSA) is 146 Å². The second-order valence-electron chi connectivity index (χ2n) is 5.20. The zero-order chi connectivity index (χ0) is 20.0. The van der Waals surface area contributed by atoms with Gasteiger partial charge in [-0.25, -0.2) is 4.79 Å². The lowest BCUT2D eigenvalue weighted by molar-refractivity contribution is -0.385. The quantitative estimate of drug-likeness (QED) is 0.432. The third-order valence-electron chi connectivity index (χ3n) is 3.51. The Balaban J connectivity index is 2.17. The molecule has 0 aliphatic heterocycles. The first-order chi connectivity index (χ1) is 12.9. The van der Waals surface area contributed by atoms with E-state index in [-0.39, 0.29) is 51.9 Å². The van der Waals surface area contributed by atoms with Crippen molar-refractivity contribution in [1.82, 2.24) is 0 Å². The van der Waals surface area contributed by atoms with Crippen LogP contribution in [0.25, 0.3) is 0 Å². The molecule has 0 saturated carbocycles. The van der Waals surface area contributed by atoms with Crippen LogP contribution in [0.15, 0.2) is 24.3 Å². The van der Waals surface area contributed by atoms with Gasteiger partial charge in [0.05, 0.1) is 23.5 Å². The first-order valence-electron chi connectivity index (χ1n) is 7.75. The first kappa shape index (κ1) is 19.9. The van der Waals surface area contributed by atoms with E-state index in [4.69, 9.17) is 15.2 Å². The van der Waals surface area contributed by atoms with E-state index < -0.39 is 16.9 Å². The zero-order valence-electron chi connectivity index (χ0n) is 14.3. The predicted octanol–water partition coefficient (Wildman–Crippen LogP) is 2.57. The number of nitro groups is 1. The molecule has 1 aromatic carbocycles. The molecule has 10 heteroatoms. The summed E-state index contributed by atoms with van der Waals surface area (Å²) in [7, 11) is 0. The second-order valence-corrected chi connectivity index (χ2v) is 6.26. The Morgan fingerprint density at radius 1 is 1.33 bits per heavy atom. The van der Waals surface area contributed by atoms with E-state index in [1.807, 2.05) is 6.07 Å². The summed E-state index contributed by atoms with van der Waals surface area (Å²) in [5, 5.41) is 20.4. The molecule has 0 bridgehead atoms. The highest BCUT2D eigenvalue weighted by Crippen LogP contribution is 2.32. The molecule has 0 unspecified atom stereocenters. The van der Waals surface area contributed by atoms with E-state index in [1.165, 1.54) is 18.2 Å². The van der Waals surface area contributed by atoms with Crippen LogP contribution in [0.5, 0.6) is 0 Å². The molecule has 0 atom stereocenters. The molecule has 0 aliphatic carbocycles. The van der Waals surface area contributed by atoms with Crippen LogP contribution in [-0.4, -0.2) is 23.5 Å². The van der Waals surface area contributed by atoms with Gasteiger partial charge in [-0.2, -0.15) is 5.26 Å². The summed E-state index contributed by atoms with van der Waals surface area (Å²) < 4.78 is 10.0. The molecule has 27 heavy (non-hydrogen) atoms. The van der Waals surface area contributed by atoms with Crippen LogP contribution in [0.2, 0.25) is 0 Å². The number of nitriles is 1. The average molecular weight is 389 g/mol. The van der Waals surface area contributed by atoms with Crippen molar-refractivity contribution in [2.24, 2.45) is 0 Å². The van der Waals surface area contributed by atoms with Crippen LogP contribution in [0, 0.1) is 21.4 Å². The van der Waals surface area contributed by atoms with Crippen molar-refractivity contribution in [3.8, 4) is 6.07 Å². The largest absolute Gasteiger partial charge is 0.462 e. The summed E-state index contributed by atoms with van der Waals surface area (Å²) in [6, 6.07) is 7.68. The molecule has 0 radical (unpaired) electrons. The van der Waals surface area contributed by atoms with Gasteiger partial charge in [-0.15, -0.1) is 11.3 Å². The molecule has 9 nitrogen and oxygen atoms in total. The molecular weight excluding hydrogens is 374 g/mol. The number of hydrogen-bond acceptors (Lipinski definition) is 9. The van der Waals surface area contributed by atoms with E-state index in [0.717, 1.165) is 11.3 Å². The average Bonchev–Trinajstić information content (AvgIpc) is 2.96. The van der Waals surface area contributed by atoms with Crippen molar-refractivity contribution in [2.45, 2.75) is 20.0 Å². The Morgan fingerprint density at radius 2 is 2.04 bits per heavy atom. The number of benzene rings is 1. The summed E-state index contributed by atoms with van der Waals surface area (Å²) in [6.45, 7) is 1.40. The van der Waals surface area contributed by atoms with Crippen molar-refractivity contribution in [3.05, 3.63) is 55.9 Å². The lowest BCUT2D eigenvalue weighted by Crippen LogP contribution is -2.12. The van der Waals surface area contributed by atoms with E-state index in [1.54, 1.807) is 13.0 Å². The number of para-hydroxylation sites is 1. The third kappa shape index (κ3) is 4.59. The van der Waals surface area contributed by atoms with Gasteiger partial charge in [0.1, 0.15) is 22.6 Å². The zero-order valence-corrected chi connectivity index (χ0v) is 15.1. The summed E-state index contributed by atoms with van der Waals surface area (Å²) in [5.41, 5.74) is 5.95. The van der Waals surface area contributed by atoms with Gasteiger partial charge in [-0.3, -0.25) is 14.9 Å². The number of anilines is 1. The summed E-state index contributed by atoms with van der Waals surface area (Å²) in [4.78, 5) is 34.6. The summed E-state index contributed by atoms with van der Waals surface area (Å²) in [6.07, 6.45) is -0.326. The number of nitro benzene ring substituents is 1. The molecule has 2 aromatic rings. The summed E-state index contributed by atoms with van der Waals surface area (Å²) in [5.74, 6) is -1.41. The molecule has 0 saturated heterocycles. The van der Waals surface area contributed by atoms with Gasteiger partial charge in [0, 0.05) is 17.2 Å². The highest BCUT2D eigenvalue weighted by molar-refractivity contribution is 7.18. The number of carbonyl (C=O) groups excluding carboxylic acids is 2. The Morgan fingerprint density at radius 3 is 2.67 bits per heavy atom. The van der Waals surface area contributed by atoms with E-state index in [0.29, 0.717) is 0 Å². The number of rotatable bonds is 7. The molecule has 0 spiro atoms. The van der Waals surface area contributed by atoms with Gasteiger partial charge >= 0.3 is 11.9 Å². The fraction of sp³-hybridized carbons (Fsp3) is 0.235. The molecule has 0 amide bonds. The molecule has 2 N–H and O–H groups in total. The van der Waals surface area contributed by atoms with Crippen LogP contribution >= 0.6 is 11.3 Å². The molecule has 2 rings (SSSR count). The first-order valence-corrected chi connectivity index (χ1v) is 8.56. The van der Waals surface area contributed by atoms with Gasteiger partial charge < -0.3 is 15.2 Å². The van der Waals surface area contributed by atoms with Crippen LogP contribution < -0.4 is 5.73 Å². The van der Waals surface area contributed by atoms with Gasteiger partial charge in [-0.05, 0) is 6.92 Å². The number of esters is 2. The van der Waals surface area contributed by atoms with Gasteiger partial charge in [0.25, 0.3) is 5.69 Å². The fourth-order valence-corrected chi connectivity index (χ4v) is 3.22. The number of ether oxygens (including phenoxy) is 2. The van der Waals surface area contributed by atoms with Crippen LogP contribution in [0.4, 0.5) is 10.7 Å². The van der Waals surface area contributed by atoms with Crippen molar-refractivity contribution in [2.75, 3.05) is 12.3 Å². The lowest BCUT2D eigenvalue weighted by atomic mass is 10.1. The number of carbonyl (C=O) groups is 2. The highest BCUT2D eigenvalue weighted by Gasteiger charge is 2.24. The minimum absolute atomic E-state index is 0.0431. The van der Waals surface area contributed by atoms with Crippen LogP contribution in [0.3, 0.4) is 0 Å². The van der Waals surface area contributed by atoms with Crippen molar-refractivity contribution in [1.29, 1.82) is 5.26 Å². The Hall–Kier alpha value is -3.45. The Kier molecular flexibility index (Phi) is 6.46. The SMILES string of the molecule is CCOC(=O)c1sc(N)c(C#N)c1COC(=O)Cc1ccccc1[N+](=O)[O-]. The van der Waals surface area contributed by atoms with Crippen LogP contribution in [-0.2, 0) is 27.3 Å². The van der Waals surface area contributed by atoms with Crippen molar-refractivity contribution >= 4 is 34.0 Å². The van der Waals surface area contributed by atoms with E-state index in [9.17, 15) is 25.0 Å². The minimum Gasteiger partial charge on any atom is -0.462 e. The maximum absolute atomic E-state index is 12.1. The number of thiophene rings is 1. The summed E-state index contributed by atoms with van der Waals surface area (Å²) >= 11 is 0.876. The minimum atomic E-state index is -0.743. The van der Waals surface area contributed by atoms with Crippen molar-refractivity contribution < 1.29 is 24.0 Å². The predicted molar refractivity (Wildman–Crippen MR) is 96.0 cm³/mol. The maximum atomic E-state index is 12.1. The number of hydrogen-bond donors (Lipinski definition) is 1. The normalized spacial score (nSPS) is 10.1. The monoisotopic (exact) mass is 389 g/mol. The molecule has 140 valence electrons. The third-order valence-corrected chi connectivity index (χ3v) is 4.55. The Bertz CT molecular complexity index is 931. The number of nitrogens with zero attached hydrogens (tertiary/aromatic N) is 2. The Labute approximate surface area is 158 Å². The van der Waals surface area contributed by atoms with Gasteiger partial charge in [-0.1, -0.05) is 18.2 Å². The molecular formula is C17H15N3O6S.